The van der Waals surface area contributed by atoms with Crippen LogP contribution in [0.3, 0.4) is 0 Å². The van der Waals surface area contributed by atoms with E-state index in [1.165, 1.54) is 22.5 Å². The molecule has 30 heavy (non-hydrogen) atoms. The van der Waals surface area contributed by atoms with Gasteiger partial charge in [-0.2, -0.15) is 0 Å². The summed E-state index contributed by atoms with van der Waals surface area (Å²) >= 11 is 0. The maximum atomic E-state index is 13.6. The predicted molar refractivity (Wildman–Crippen MR) is 124 cm³/mol. The molecule has 4 rings (SSSR count). The molecule has 0 radical (unpaired) electrons. The van der Waals surface area contributed by atoms with Crippen LogP contribution in [0.4, 0.5) is 0 Å². The average molecular weight is 423 g/mol. The van der Waals surface area contributed by atoms with Crippen molar-refractivity contribution in [2.45, 2.75) is 70.5 Å². The molecular weight excluding hydrogens is 388 g/mol. The Balaban J connectivity index is 1.62. The lowest BCUT2D eigenvalue weighted by atomic mass is 9.69. The van der Waals surface area contributed by atoms with E-state index >= 15 is 0 Å². The van der Waals surface area contributed by atoms with Gasteiger partial charge in [0.25, 0.3) is 0 Å². The van der Waals surface area contributed by atoms with E-state index in [4.69, 9.17) is 4.74 Å². The molecule has 1 saturated carbocycles. The molecule has 1 unspecified atom stereocenters. The van der Waals surface area contributed by atoms with E-state index in [9.17, 15) is 4.21 Å². The number of hydrogen-bond acceptors (Lipinski definition) is 2. The zero-order valence-corrected chi connectivity index (χ0v) is 19.3. The number of hydrogen-bond donors (Lipinski definition) is 0. The first-order chi connectivity index (χ1) is 14.5. The van der Waals surface area contributed by atoms with Gasteiger partial charge in [-0.3, -0.25) is 0 Å². The fourth-order valence-electron chi connectivity index (χ4n) is 5.77. The lowest BCUT2D eigenvalue weighted by Gasteiger charge is -2.37. The van der Waals surface area contributed by atoms with Gasteiger partial charge >= 0.3 is 0 Å². The molecule has 0 spiro atoms. The molecule has 3 heteroatoms. The van der Waals surface area contributed by atoms with Gasteiger partial charge in [-0.05, 0) is 67.1 Å². The first kappa shape index (κ1) is 21.5. The molecule has 0 N–H and O–H groups in total. The van der Waals surface area contributed by atoms with Crippen LogP contribution in [0.5, 0.6) is 0 Å². The Bertz CT molecular complexity index is 903. The summed E-state index contributed by atoms with van der Waals surface area (Å²) < 4.78 is 20.1. The lowest BCUT2D eigenvalue weighted by molar-refractivity contribution is 0.00136. The zero-order chi connectivity index (χ0) is 21.1. The van der Waals surface area contributed by atoms with Crippen LogP contribution in [0, 0.1) is 17.3 Å². The van der Waals surface area contributed by atoms with E-state index in [0.717, 1.165) is 30.6 Å². The summed E-state index contributed by atoms with van der Waals surface area (Å²) in [5.74, 6) is 1.24. The van der Waals surface area contributed by atoms with Gasteiger partial charge in [0.1, 0.15) is 0 Å². The number of benzene rings is 2. The minimum Gasteiger partial charge on any atom is -0.373 e. The second kappa shape index (κ2) is 9.20. The minimum atomic E-state index is -1.08. The highest BCUT2D eigenvalue weighted by Crippen LogP contribution is 2.57. The second-order valence-electron chi connectivity index (χ2n) is 9.45. The molecule has 2 aromatic rings. The highest BCUT2D eigenvalue weighted by molar-refractivity contribution is 7.89. The summed E-state index contributed by atoms with van der Waals surface area (Å²) in [5.41, 5.74) is 2.76. The highest BCUT2D eigenvalue weighted by atomic mass is 32.2. The maximum absolute atomic E-state index is 13.6. The van der Waals surface area contributed by atoms with Gasteiger partial charge in [-0.1, -0.05) is 74.9 Å². The summed E-state index contributed by atoms with van der Waals surface area (Å²) in [6.07, 6.45) is 5.34. The Morgan fingerprint density at radius 2 is 1.67 bits per heavy atom. The van der Waals surface area contributed by atoms with Crippen LogP contribution >= 0.6 is 0 Å². The molecule has 2 nitrogen and oxygen atoms in total. The van der Waals surface area contributed by atoms with Crippen LogP contribution in [0.2, 0.25) is 0 Å². The van der Waals surface area contributed by atoms with Gasteiger partial charge in [0.05, 0.1) is 23.5 Å². The third-order valence-electron chi connectivity index (χ3n) is 7.21. The van der Waals surface area contributed by atoms with Crippen LogP contribution in [0.25, 0.3) is 0 Å². The van der Waals surface area contributed by atoms with Gasteiger partial charge in [0.2, 0.25) is 0 Å². The molecule has 2 aliphatic carbocycles. The standard InChI is InChI=1S/C27H34O2S/c1-20(2)24-15-16-25-26(30(28)23-12-8-5-9-13-23)17-14-22(18-27(24,25)3)29-19-21-10-6-4-7-11-21/h4-13,20,22,24H,14-19H2,1-3H3/t22-,24+,27+,30?/m0/s1. The van der Waals surface area contributed by atoms with Gasteiger partial charge in [-0.15, -0.1) is 0 Å². The van der Waals surface area contributed by atoms with Crippen molar-refractivity contribution >= 4 is 10.8 Å². The van der Waals surface area contributed by atoms with Crippen molar-refractivity contribution in [1.82, 2.24) is 0 Å². The molecule has 1 fully saturated rings. The first-order valence-electron chi connectivity index (χ1n) is 11.3. The Labute approximate surface area is 184 Å². The molecule has 0 aromatic heterocycles. The van der Waals surface area contributed by atoms with E-state index in [1.807, 2.05) is 36.4 Å². The summed E-state index contributed by atoms with van der Waals surface area (Å²) in [4.78, 5) is 2.11. The van der Waals surface area contributed by atoms with Crippen molar-refractivity contribution in [3.8, 4) is 0 Å². The second-order valence-corrected chi connectivity index (χ2v) is 11.0. The van der Waals surface area contributed by atoms with Crippen molar-refractivity contribution in [3.05, 3.63) is 76.7 Å². The monoisotopic (exact) mass is 422 g/mol. The third-order valence-corrected chi connectivity index (χ3v) is 8.81. The van der Waals surface area contributed by atoms with Crippen molar-refractivity contribution in [1.29, 1.82) is 0 Å². The molecule has 160 valence electrons. The van der Waals surface area contributed by atoms with Crippen LogP contribution < -0.4 is 0 Å². The average Bonchev–Trinajstić information content (AvgIpc) is 3.02. The fourth-order valence-corrected chi connectivity index (χ4v) is 7.32. The Morgan fingerprint density at radius 1 is 1.00 bits per heavy atom. The normalized spacial score (nSPS) is 27.7. The summed E-state index contributed by atoms with van der Waals surface area (Å²) in [5, 5.41) is 0. The Hall–Kier alpha value is -1.71. The van der Waals surface area contributed by atoms with E-state index in [-0.39, 0.29) is 11.5 Å². The molecule has 0 aliphatic heterocycles. The summed E-state index contributed by atoms with van der Waals surface area (Å²) in [7, 11) is -1.08. The van der Waals surface area contributed by atoms with Crippen LogP contribution in [-0.2, 0) is 22.1 Å². The zero-order valence-electron chi connectivity index (χ0n) is 18.5. The smallest absolute Gasteiger partial charge is 0.0808 e. The SMILES string of the molecule is CC(C)[C@H]1CCC2=C(S(=O)c3ccccc3)CC[C@H](OCc3ccccc3)C[C@@]21C. The molecular formula is C27H34O2S. The summed E-state index contributed by atoms with van der Waals surface area (Å²) in [6, 6.07) is 20.4. The molecule has 2 aromatic carbocycles. The third kappa shape index (κ3) is 4.33. The quantitative estimate of drug-likeness (QED) is 0.506. The van der Waals surface area contributed by atoms with Crippen LogP contribution in [-0.4, -0.2) is 10.3 Å². The van der Waals surface area contributed by atoms with Crippen molar-refractivity contribution in [2.24, 2.45) is 17.3 Å². The van der Waals surface area contributed by atoms with E-state index in [0.29, 0.717) is 18.4 Å². The van der Waals surface area contributed by atoms with Crippen LogP contribution in [0.1, 0.15) is 58.4 Å². The molecule has 0 bridgehead atoms. The number of ether oxygens (including phenoxy) is 1. The van der Waals surface area contributed by atoms with Crippen molar-refractivity contribution in [2.75, 3.05) is 0 Å². The van der Waals surface area contributed by atoms with Crippen molar-refractivity contribution < 1.29 is 8.95 Å². The molecule has 0 saturated heterocycles. The van der Waals surface area contributed by atoms with E-state index < -0.39 is 10.8 Å². The van der Waals surface area contributed by atoms with Gasteiger partial charge < -0.3 is 4.74 Å². The van der Waals surface area contributed by atoms with Crippen molar-refractivity contribution in [3.63, 3.8) is 0 Å². The van der Waals surface area contributed by atoms with Gasteiger partial charge in [-0.25, -0.2) is 4.21 Å². The van der Waals surface area contributed by atoms with Gasteiger partial charge in [0, 0.05) is 9.80 Å². The van der Waals surface area contributed by atoms with Crippen LogP contribution in [0.15, 0.2) is 76.0 Å². The minimum absolute atomic E-state index is 0.0752. The fraction of sp³-hybridized carbons (Fsp3) is 0.481. The largest absolute Gasteiger partial charge is 0.373 e. The summed E-state index contributed by atoms with van der Waals surface area (Å²) in [6.45, 7) is 7.77. The Kier molecular flexibility index (Phi) is 6.60. The topological polar surface area (TPSA) is 26.3 Å². The van der Waals surface area contributed by atoms with E-state index in [2.05, 4.69) is 45.0 Å². The Morgan fingerprint density at radius 3 is 2.33 bits per heavy atom. The molecule has 2 aliphatic rings. The first-order valence-corrected chi connectivity index (χ1v) is 12.5. The maximum Gasteiger partial charge on any atom is 0.0808 e. The number of rotatable bonds is 6. The number of allylic oxidation sites excluding steroid dienone is 2. The molecule has 0 heterocycles. The number of fused-ring (bicyclic) bond motifs is 1. The molecule has 4 atom stereocenters. The lowest BCUT2D eigenvalue weighted by Crippen LogP contribution is -2.32. The van der Waals surface area contributed by atoms with Gasteiger partial charge in [0.15, 0.2) is 0 Å². The highest BCUT2D eigenvalue weighted by Gasteiger charge is 2.48. The predicted octanol–water partition coefficient (Wildman–Crippen LogP) is 6.89. The van der Waals surface area contributed by atoms with E-state index in [1.54, 1.807) is 0 Å². The molecule has 0 amide bonds.